The average Bonchev–Trinajstić information content (AvgIpc) is 2.42. The summed E-state index contributed by atoms with van der Waals surface area (Å²) < 4.78 is 0. The first-order valence-corrected chi connectivity index (χ1v) is 6.09. The molecule has 1 aromatic rings. The zero-order chi connectivity index (χ0) is 16.0. The first-order chi connectivity index (χ1) is 9.86. The fourth-order valence-electron chi connectivity index (χ4n) is 1.38. The number of aliphatic carboxylic acids is 1. The molecule has 1 rings (SSSR count). The van der Waals surface area contributed by atoms with E-state index in [0.29, 0.717) is 5.69 Å². The number of carbonyl (C=O) groups excluding carboxylic acids is 1. The second-order valence-electron chi connectivity index (χ2n) is 3.95. The highest BCUT2D eigenvalue weighted by atomic mass is 35.5. The molecule has 0 aliphatic carbocycles. The number of nitrogens with zero attached hydrogens (tertiary/aromatic N) is 1. The van der Waals surface area contributed by atoms with Crippen LogP contribution in [0, 0.1) is 12.3 Å². The van der Waals surface area contributed by atoms with E-state index in [-0.39, 0.29) is 10.6 Å². The number of benzene rings is 1. The predicted molar refractivity (Wildman–Crippen MR) is 80.3 cm³/mol. The number of carboxylic acid groups (broad SMARTS) is 1. The number of amides is 1. The standard InChI is InChI=1S/C14H12ClN3O3/c1-8-4-2-3-5-11(8)18-12(14(20)21)10(15)6-9(7-16)13(17)19/h2-6,16H,1H3,(H2,17,19)(H,20,21). The fourth-order valence-corrected chi connectivity index (χ4v) is 1.61. The van der Waals surface area contributed by atoms with Crippen molar-refractivity contribution in [3.63, 3.8) is 0 Å². The van der Waals surface area contributed by atoms with Crippen molar-refractivity contribution in [2.24, 2.45) is 10.7 Å². The number of primary amides is 1. The number of hydrogen-bond acceptors (Lipinski definition) is 4. The summed E-state index contributed by atoms with van der Waals surface area (Å²) in [6.07, 6.45) is 0.947. The van der Waals surface area contributed by atoms with Gasteiger partial charge in [0.15, 0.2) is 5.71 Å². The van der Waals surface area contributed by atoms with E-state index in [4.69, 9.17) is 22.7 Å². The van der Waals surface area contributed by atoms with E-state index in [2.05, 4.69) is 4.99 Å². The molecule has 21 heavy (non-hydrogen) atoms. The Bertz CT molecular complexity index is 701. The van der Waals surface area contributed by atoms with Crippen LogP contribution in [0.1, 0.15) is 5.56 Å². The highest BCUT2D eigenvalue weighted by molar-refractivity contribution is 6.58. The maximum Gasteiger partial charge on any atom is 0.356 e. The maximum absolute atomic E-state index is 11.2. The van der Waals surface area contributed by atoms with Gasteiger partial charge in [-0.25, -0.2) is 9.79 Å². The summed E-state index contributed by atoms with van der Waals surface area (Å²) in [5.74, 6) is -0.523. The van der Waals surface area contributed by atoms with Gasteiger partial charge in [-0.05, 0) is 30.5 Å². The molecule has 0 heterocycles. The van der Waals surface area contributed by atoms with Crippen LogP contribution in [0.3, 0.4) is 0 Å². The molecule has 0 spiro atoms. The van der Waals surface area contributed by atoms with Crippen molar-refractivity contribution in [3.8, 4) is 0 Å². The Balaban J connectivity index is 3.35. The number of halogens is 1. The SMILES string of the molecule is Cc1ccccc1N=C(C(=O)O)C(Cl)=CC(=C=N)C(N)=O. The van der Waals surface area contributed by atoms with E-state index in [1.807, 2.05) is 0 Å². The van der Waals surface area contributed by atoms with Crippen molar-refractivity contribution < 1.29 is 14.7 Å². The topological polar surface area (TPSA) is 117 Å². The third-order valence-electron chi connectivity index (χ3n) is 2.45. The van der Waals surface area contributed by atoms with Gasteiger partial charge in [0.2, 0.25) is 0 Å². The lowest BCUT2D eigenvalue weighted by Crippen LogP contribution is -2.16. The lowest BCUT2D eigenvalue weighted by molar-refractivity contribution is -0.129. The third kappa shape index (κ3) is 4.42. The number of carbonyl (C=O) groups is 2. The molecule has 1 aromatic carbocycles. The van der Waals surface area contributed by atoms with E-state index in [1.54, 1.807) is 37.1 Å². The second kappa shape index (κ2) is 7.19. The second-order valence-corrected chi connectivity index (χ2v) is 4.35. The van der Waals surface area contributed by atoms with Crippen molar-refractivity contribution in [2.45, 2.75) is 6.92 Å². The number of hydrogen-bond donors (Lipinski definition) is 3. The van der Waals surface area contributed by atoms with Gasteiger partial charge in [0.1, 0.15) is 5.57 Å². The number of nitrogens with one attached hydrogen (secondary N) is 1. The summed E-state index contributed by atoms with van der Waals surface area (Å²) in [6, 6.07) is 6.89. The van der Waals surface area contributed by atoms with Crippen LogP contribution in [0.4, 0.5) is 5.69 Å². The first-order valence-electron chi connectivity index (χ1n) is 5.71. The zero-order valence-electron chi connectivity index (χ0n) is 11.1. The predicted octanol–water partition coefficient (Wildman–Crippen LogP) is 1.93. The summed E-state index contributed by atoms with van der Waals surface area (Å²) >= 11 is 5.86. The fraction of sp³-hybridized carbons (Fsp3) is 0.0714. The van der Waals surface area contributed by atoms with Gasteiger partial charge in [0.05, 0.1) is 10.7 Å². The van der Waals surface area contributed by atoms with Crippen molar-refractivity contribution in [2.75, 3.05) is 0 Å². The lowest BCUT2D eigenvalue weighted by Gasteiger charge is -2.03. The van der Waals surface area contributed by atoms with Crippen LogP contribution in [0.15, 0.2) is 45.9 Å². The molecular formula is C14H12ClN3O3. The van der Waals surface area contributed by atoms with Crippen molar-refractivity contribution in [1.82, 2.24) is 0 Å². The molecule has 0 aromatic heterocycles. The van der Waals surface area contributed by atoms with Gasteiger partial charge in [-0.15, -0.1) is 0 Å². The summed E-state index contributed by atoms with van der Waals surface area (Å²) in [7, 11) is 0. The van der Waals surface area contributed by atoms with Crippen molar-refractivity contribution in [1.29, 1.82) is 5.41 Å². The third-order valence-corrected chi connectivity index (χ3v) is 2.74. The lowest BCUT2D eigenvalue weighted by atomic mass is 10.2. The molecule has 0 radical (unpaired) electrons. The summed E-state index contributed by atoms with van der Waals surface area (Å²) in [6.45, 7) is 1.77. The number of para-hydroxylation sites is 1. The molecule has 7 heteroatoms. The quantitative estimate of drug-likeness (QED) is 0.438. The van der Waals surface area contributed by atoms with Crippen LogP contribution in [-0.2, 0) is 9.59 Å². The first kappa shape index (κ1) is 16.4. The molecule has 0 saturated carbocycles. The van der Waals surface area contributed by atoms with Crippen molar-refractivity contribution >= 4 is 40.7 Å². The molecule has 0 aliphatic heterocycles. The van der Waals surface area contributed by atoms with E-state index in [9.17, 15) is 14.7 Å². The molecule has 1 amide bonds. The minimum Gasteiger partial charge on any atom is -0.476 e. The van der Waals surface area contributed by atoms with Crippen molar-refractivity contribution in [3.05, 3.63) is 46.5 Å². The van der Waals surface area contributed by atoms with E-state index < -0.39 is 17.6 Å². The van der Waals surface area contributed by atoms with Crippen LogP contribution >= 0.6 is 11.6 Å². The van der Waals surface area contributed by atoms with Crippen LogP contribution in [-0.4, -0.2) is 28.6 Å². The van der Waals surface area contributed by atoms with E-state index in [0.717, 1.165) is 11.6 Å². The molecule has 4 N–H and O–H groups in total. The maximum atomic E-state index is 11.2. The van der Waals surface area contributed by atoms with Gasteiger partial charge in [-0.2, -0.15) is 0 Å². The minimum atomic E-state index is -1.37. The Hall–Kier alpha value is -2.69. The molecule has 6 nitrogen and oxygen atoms in total. The summed E-state index contributed by atoms with van der Waals surface area (Å²) in [4.78, 5) is 26.2. The summed E-state index contributed by atoms with van der Waals surface area (Å²) in [5, 5.41) is 15.8. The van der Waals surface area contributed by atoms with Crippen LogP contribution in [0.5, 0.6) is 0 Å². The van der Waals surface area contributed by atoms with E-state index in [1.165, 1.54) is 0 Å². The minimum absolute atomic E-state index is 0.320. The highest BCUT2D eigenvalue weighted by Gasteiger charge is 2.16. The van der Waals surface area contributed by atoms with Crippen LogP contribution < -0.4 is 5.73 Å². The molecular weight excluding hydrogens is 294 g/mol. The van der Waals surface area contributed by atoms with Gasteiger partial charge < -0.3 is 10.8 Å². The number of aliphatic imine (C=N–C) groups is 1. The van der Waals surface area contributed by atoms with Gasteiger partial charge >= 0.3 is 5.97 Å². The van der Waals surface area contributed by atoms with Gasteiger partial charge in [-0.3, -0.25) is 10.2 Å². The Morgan fingerprint density at radius 3 is 2.52 bits per heavy atom. The Kier molecular flexibility index (Phi) is 5.60. The molecule has 0 fully saturated rings. The number of aryl methyl sites for hydroxylation is 1. The Labute approximate surface area is 125 Å². The van der Waals surface area contributed by atoms with Gasteiger partial charge in [0.25, 0.3) is 5.91 Å². The number of nitrogens with two attached hydrogens (primary N) is 1. The van der Waals surface area contributed by atoms with E-state index >= 15 is 0 Å². The van der Waals surface area contributed by atoms with Gasteiger partial charge in [0, 0.05) is 0 Å². The number of carboxylic acids is 1. The van der Waals surface area contributed by atoms with Crippen LogP contribution in [0.2, 0.25) is 0 Å². The van der Waals surface area contributed by atoms with Crippen LogP contribution in [0.25, 0.3) is 0 Å². The largest absolute Gasteiger partial charge is 0.476 e. The monoisotopic (exact) mass is 305 g/mol. The summed E-state index contributed by atoms with van der Waals surface area (Å²) in [5.41, 5.74) is 5.39. The molecule has 0 atom stereocenters. The molecule has 0 aliphatic rings. The average molecular weight is 306 g/mol. The molecule has 0 unspecified atom stereocenters. The normalized spacial score (nSPS) is 11.7. The molecule has 108 valence electrons. The Morgan fingerprint density at radius 2 is 2.05 bits per heavy atom. The Morgan fingerprint density at radius 1 is 1.43 bits per heavy atom. The smallest absolute Gasteiger partial charge is 0.356 e. The van der Waals surface area contributed by atoms with Gasteiger partial charge in [-0.1, -0.05) is 29.8 Å². The molecule has 0 bridgehead atoms. The number of rotatable bonds is 5. The zero-order valence-corrected chi connectivity index (χ0v) is 11.8. The molecule has 0 saturated heterocycles. The highest BCUT2D eigenvalue weighted by Crippen LogP contribution is 2.20.